The number of likely N-dealkylation sites (N-methyl/N-ethyl adjacent to an activating group) is 1. The summed E-state index contributed by atoms with van der Waals surface area (Å²) in [6, 6.07) is 10.2. The second-order valence-corrected chi connectivity index (χ2v) is 7.19. The predicted molar refractivity (Wildman–Crippen MR) is 101 cm³/mol. The monoisotopic (exact) mass is 351 g/mol. The fourth-order valence-corrected chi connectivity index (χ4v) is 3.69. The van der Waals surface area contributed by atoms with Gasteiger partial charge in [-0.25, -0.2) is 9.97 Å². The zero-order valence-corrected chi connectivity index (χ0v) is 15.5. The van der Waals surface area contributed by atoms with E-state index >= 15 is 0 Å². The Morgan fingerprint density at radius 2 is 1.73 bits per heavy atom. The van der Waals surface area contributed by atoms with Crippen molar-refractivity contribution in [2.75, 3.05) is 44.7 Å². The lowest BCUT2D eigenvalue weighted by Gasteiger charge is -2.33. The van der Waals surface area contributed by atoms with Crippen LogP contribution >= 0.6 is 0 Å². The van der Waals surface area contributed by atoms with Crippen LogP contribution in [0.1, 0.15) is 27.4 Å². The summed E-state index contributed by atoms with van der Waals surface area (Å²) in [4.78, 5) is 28.5. The van der Waals surface area contributed by atoms with Gasteiger partial charge in [0.2, 0.25) is 0 Å². The number of rotatable bonds is 2. The second-order valence-electron chi connectivity index (χ2n) is 7.19. The Morgan fingerprint density at radius 1 is 1.00 bits per heavy atom. The van der Waals surface area contributed by atoms with Gasteiger partial charge in [-0.05, 0) is 31.5 Å². The van der Waals surface area contributed by atoms with Gasteiger partial charge >= 0.3 is 0 Å². The standard InChI is InChI=1S/C20H25N5O/c1-15-21-18(13-19(22-15)24-11-9-23(2)10-12-24)20(26)25-8-7-16-5-3-4-6-17(16)14-25/h3-6,13H,7-12,14H2,1-2H3. The van der Waals surface area contributed by atoms with Crippen LogP contribution in [0.2, 0.25) is 0 Å². The molecule has 6 heteroatoms. The van der Waals surface area contributed by atoms with Gasteiger partial charge < -0.3 is 14.7 Å². The van der Waals surface area contributed by atoms with Gasteiger partial charge in [-0.2, -0.15) is 0 Å². The van der Waals surface area contributed by atoms with Gasteiger partial charge in [0.25, 0.3) is 5.91 Å². The Kier molecular flexibility index (Phi) is 4.59. The first-order chi connectivity index (χ1) is 12.6. The SMILES string of the molecule is Cc1nc(C(=O)N2CCc3ccccc3C2)cc(N2CCN(C)CC2)n1. The predicted octanol–water partition coefficient (Wildman–Crippen LogP) is 1.74. The number of aromatic nitrogens is 2. The minimum absolute atomic E-state index is 0.000352. The number of hydrogen-bond donors (Lipinski definition) is 0. The smallest absolute Gasteiger partial charge is 0.272 e. The third kappa shape index (κ3) is 3.42. The van der Waals surface area contributed by atoms with E-state index in [4.69, 9.17) is 0 Å². The third-order valence-corrected chi connectivity index (χ3v) is 5.29. The lowest BCUT2D eigenvalue weighted by atomic mass is 10.00. The first kappa shape index (κ1) is 17.0. The van der Waals surface area contributed by atoms with Gasteiger partial charge in [0, 0.05) is 45.3 Å². The molecule has 2 aromatic rings. The van der Waals surface area contributed by atoms with Crippen LogP contribution in [0.4, 0.5) is 5.82 Å². The minimum Gasteiger partial charge on any atom is -0.354 e. The van der Waals surface area contributed by atoms with Crippen LogP contribution in [0.5, 0.6) is 0 Å². The number of anilines is 1. The molecule has 4 rings (SSSR count). The van der Waals surface area contributed by atoms with Crippen molar-refractivity contribution in [1.82, 2.24) is 19.8 Å². The maximum atomic E-state index is 13.1. The average molecular weight is 351 g/mol. The summed E-state index contributed by atoms with van der Waals surface area (Å²) in [5, 5.41) is 0. The molecule has 6 nitrogen and oxygen atoms in total. The fourth-order valence-electron chi connectivity index (χ4n) is 3.69. The van der Waals surface area contributed by atoms with Crippen LogP contribution in [0, 0.1) is 6.92 Å². The maximum absolute atomic E-state index is 13.1. The minimum atomic E-state index is 0.000352. The number of amides is 1. The van der Waals surface area contributed by atoms with Crippen molar-refractivity contribution in [1.29, 1.82) is 0 Å². The van der Waals surface area contributed by atoms with E-state index in [9.17, 15) is 4.79 Å². The molecule has 1 amide bonds. The highest BCUT2D eigenvalue weighted by Gasteiger charge is 2.24. The quantitative estimate of drug-likeness (QED) is 0.825. The van der Waals surface area contributed by atoms with E-state index in [1.54, 1.807) is 0 Å². The van der Waals surface area contributed by atoms with Crippen molar-refractivity contribution in [3.63, 3.8) is 0 Å². The Morgan fingerprint density at radius 3 is 2.50 bits per heavy atom. The van der Waals surface area contributed by atoms with Crippen molar-refractivity contribution in [3.05, 3.63) is 53.0 Å². The number of carbonyl (C=O) groups excluding carboxylic acids is 1. The number of carbonyl (C=O) groups is 1. The van der Waals surface area contributed by atoms with Crippen molar-refractivity contribution in [2.45, 2.75) is 19.9 Å². The molecule has 2 aliphatic heterocycles. The van der Waals surface area contributed by atoms with E-state index in [0.29, 0.717) is 18.1 Å². The molecule has 1 aromatic carbocycles. The van der Waals surface area contributed by atoms with Crippen LogP contribution in [-0.4, -0.2) is 65.4 Å². The summed E-state index contributed by atoms with van der Waals surface area (Å²) in [6.07, 6.45) is 0.900. The van der Waals surface area contributed by atoms with Gasteiger partial charge in [-0.1, -0.05) is 24.3 Å². The Bertz CT molecular complexity index is 814. The molecule has 26 heavy (non-hydrogen) atoms. The lowest BCUT2D eigenvalue weighted by molar-refractivity contribution is 0.0728. The molecule has 136 valence electrons. The lowest BCUT2D eigenvalue weighted by Crippen LogP contribution is -2.45. The van der Waals surface area contributed by atoms with Crippen molar-refractivity contribution in [2.24, 2.45) is 0 Å². The molecule has 1 aromatic heterocycles. The summed E-state index contributed by atoms with van der Waals surface area (Å²) < 4.78 is 0. The maximum Gasteiger partial charge on any atom is 0.272 e. The first-order valence-electron chi connectivity index (χ1n) is 9.25. The molecule has 2 aliphatic rings. The number of aryl methyl sites for hydroxylation is 1. The molecule has 1 fully saturated rings. The van der Waals surface area contributed by atoms with Crippen LogP contribution < -0.4 is 4.90 Å². The normalized spacial score (nSPS) is 17.9. The number of nitrogens with zero attached hydrogens (tertiary/aromatic N) is 5. The first-order valence-corrected chi connectivity index (χ1v) is 9.25. The summed E-state index contributed by atoms with van der Waals surface area (Å²) in [5.74, 6) is 1.52. The molecule has 0 bridgehead atoms. The Labute approximate surface area is 154 Å². The van der Waals surface area contributed by atoms with E-state index in [1.165, 1.54) is 11.1 Å². The van der Waals surface area contributed by atoms with Gasteiger partial charge in [0.15, 0.2) is 0 Å². The Hall–Kier alpha value is -2.47. The van der Waals surface area contributed by atoms with Crippen LogP contribution in [0.15, 0.2) is 30.3 Å². The van der Waals surface area contributed by atoms with Gasteiger partial charge in [0.1, 0.15) is 17.3 Å². The Balaban J connectivity index is 1.55. The van der Waals surface area contributed by atoms with Gasteiger partial charge in [-0.3, -0.25) is 4.79 Å². The van der Waals surface area contributed by atoms with Crippen molar-refractivity contribution < 1.29 is 4.79 Å². The van der Waals surface area contributed by atoms with Gasteiger partial charge in [0.05, 0.1) is 0 Å². The highest BCUT2D eigenvalue weighted by Crippen LogP contribution is 2.21. The fraction of sp³-hybridized carbons (Fsp3) is 0.450. The molecular weight excluding hydrogens is 326 g/mol. The molecular formula is C20H25N5O. The summed E-state index contributed by atoms with van der Waals surface area (Å²) >= 11 is 0. The van der Waals surface area contributed by atoms with Crippen LogP contribution in [-0.2, 0) is 13.0 Å². The molecule has 0 aliphatic carbocycles. The average Bonchev–Trinajstić information content (AvgIpc) is 2.67. The van der Waals surface area contributed by atoms with E-state index < -0.39 is 0 Å². The molecule has 0 N–H and O–H groups in total. The highest BCUT2D eigenvalue weighted by molar-refractivity contribution is 5.93. The number of benzene rings is 1. The second kappa shape index (κ2) is 7.03. The number of fused-ring (bicyclic) bond motifs is 1. The van der Waals surface area contributed by atoms with E-state index in [-0.39, 0.29) is 5.91 Å². The highest BCUT2D eigenvalue weighted by atomic mass is 16.2. The van der Waals surface area contributed by atoms with E-state index in [2.05, 4.69) is 45.0 Å². The number of hydrogen-bond acceptors (Lipinski definition) is 5. The zero-order chi connectivity index (χ0) is 18.1. The topological polar surface area (TPSA) is 52.6 Å². The van der Waals surface area contributed by atoms with E-state index in [1.807, 2.05) is 24.0 Å². The summed E-state index contributed by atoms with van der Waals surface area (Å²) in [7, 11) is 2.13. The molecule has 0 saturated carbocycles. The number of piperazine rings is 1. The molecule has 0 atom stereocenters. The molecule has 3 heterocycles. The van der Waals surface area contributed by atoms with Crippen LogP contribution in [0.25, 0.3) is 0 Å². The van der Waals surface area contributed by atoms with Crippen molar-refractivity contribution in [3.8, 4) is 0 Å². The molecule has 0 radical (unpaired) electrons. The van der Waals surface area contributed by atoms with E-state index in [0.717, 1.165) is 45.0 Å². The molecule has 0 spiro atoms. The van der Waals surface area contributed by atoms with Crippen LogP contribution in [0.3, 0.4) is 0 Å². The van der Waals surface area contributed by atoms with Gasteiger partial charge in [-0.15, -0.1) is 0 Å². The zero-order valence-electron chi connectivity index (χ0n) is 15.5. The van der Waals surface area contributed by atoms with Crippen molar-refractivity contribution >= 4 is 11.7 Å². The summed E-state index contributed by atoms with van der Waals surface area (Å²) in [6.45, 7) is 7.13. The molecule has 1 saturated heterocycles. The largest absolute Gasteiger partial charge is 0.354 e. The third-order valence-electron chi connectivity index (χ3n) is 5.29. The molecule has 0 unspecified atom stereocenters. The summed E-state index contributed by atoms with van der Waals surface area (Å²) in [5.41, 5.74) is 3.08.